The van der Waals surface area contributed by atoms with Gasteiger partial charge in [0, 0.05) is 30.8 Å². The fourth-order valence-corrected chi connectivity index (χ4v) is 6.98. The Labute approximate surface area is 230 Å². The minimum Gasteiger partial charge on any atom is -0.408 e. The normalized spacial score (nSPS) is 19.4. The predicted molar refractivity (Wildman–Crippen MR) is 150 cm³/mol. The number of hydrogen-bond acceptors (Lipinski definition) is 8. The van der Waals surface area contributed by atoms with Crippen LogP contribution in [0.3, 0.4) is 0 Å². The van der Waals surface area contributed by atoms with Crippen molar-refractivity contribution in [2.75, 3.05) is 19.7 Å². The molecule has 9 nitrogen and oxygen atoms in total. The highest BCUT2D eigenvalue weighted by Crippen LogP contribution is 2.37. The molecular formula is C26H37N3O6S2Si. The second kappa shape index (κ2) is 11.2. The molecule has 0 bridgehead atoms. The Bertz CT molecular complexity index is 1290. The van der Waals surface area contributed by atoms with Crippen LogP contribution in [0.15, 0.2) is 34.8 Å². The Balaban J connectivity index is 1.31. The fourth-order valence-electron chi connectivity index (χ4n) is 4.41. The van der Waals surface area contributed by atoms with Gasteiger partial charge in [0.25, 0.3) is 10.1 Å². The first-order valence-electron chi connectivity index (χ1n) is 12.9. The third-order valence-corrected chi connectivity index (χ3v) is 13.9. The lowest BCUT2D eigenvalue weighted by atomic mass is 9.97. The summed E-state index contributed by atoms with van der Waals surface area (Å²) in [4.78, 5) is 25.2. The van der Waals surface area contributed by atoms with Gasteiger partial charge in [-0.2, -0.15) is 8.42 Å². The SMILES string of the molecule is CC(C)(C)[Si](C)(C)OCC(=O)N1CCC(c2nc(C3=NOC(c4ccccc4CS(=O)(=O)O)C3)cs2)CC1. The molecule has 1 saturated heterocycles. The number of hydrogen-bond donors (Lipinski definition) is 1. The van der Waals surface area contributed by atoms with Crippen molar-refractivity contribution in [2.24, 2.45) is 5.16 Å². The summed E-state index contributed by atoms with van der Waals surface area (Å²) >= 11 is 1.59. The van der Waals surface area contributed by atoms with E-state index >= 15 is 0 Å². The Hall–Kier alpha value is -2.12. The number of piperidine rings is 1. The highest BCUT2D eigenvalue weighted by molar-refractivity contribution is 7.85. The summed E-state index contributed by atoms with van der Waals surface area (Å²) in [6.45, 7) is 12.4. The minimum absolute atomic E-state index is 0.0610. The standard InChI is InChI=1S/C26H37N3O6S2Si/c1-26(2,3)38(4,5)34-15-24(30)29-12-10-18(11-13-29)25-27-22(16-36-25)21-14-23(35-28-21)20-9-7-6-8-19(20)17-37(31,32)33/h6-9,16,18,23H,10-15,17H2,1-5H3,(H,31,32,33). The van der Waals surface area contributed by atoms with Crippen molar-refractivity contribution in [2.45, 2.75) is 75.9 Å². The van der Waals surface area contributed by atoms with E-state index in [1.54, 1.807) is 29.5 Å². The molecule has 38 heavy (non-hydrogen) atoms. The zero-order valence-corrected chi connectivity index (χ0v) is 25.3. The first-order valence-corrected chi connectivity index (χ1v) is 18.3. The van der Waals surface area contributed by atoms with Crippen LogP contribution < -0.4 is 0 Å². The minimum atomic E-state index is -4.16. The molecule has 2 aliphatic heterocycles. The molecule has 1 fully saturated rings. The molecule has 1 amide bonds. The molecule has 0 aliphatic carbocycles. The van der Waals surface area contributed by atoms with Crippen LogP contribution in [0.5, 0.6) is 0 Å². The van der Waals surface area contributed by atoms with Crippen molar-refractivity contribution in [3.8, 4) is 0 Å². The van der Waals surface area contributed by atoms with Gasteiger partial charge >= 0.3 is 0 Å². The van der Waals surface area contributed by atoms with E-state index in [0.717, 1.165) is 29.3 Å². The zero-order valence-electron chi connectivity index (χ0n) is 22.6. The van der Waals surface area contributed by atoms with E-state index in [-0.39, 0.29) is 23.5 Å². The summed E-state index contributed by atoms with van der Waals surface area (Å²) in [7, 11) is -6.13. The average molecular weight is 580 g/mol. The van der Waals surface area contributed by atoms with Crippen molar-refractivity contribution < 1.29 is 27.0 Å². The molecule has 2 aromatic rings. The summed E-state index contributed by atoms with van der Waals surface area (Å²) in [5.74, 6) is -0.123. The highest BCUT2D eigenvalue weighted by Gasteiger charge is 2.38. The van der Waals surface area contributed by atoms with Gasteiger partial charge in [-0.3, -0.25) is 9.35 Å². The van der Waals surface area contributed by atoms with Crippen molar-refractivity contribution in [1.29, 1.82) is 0 Å². The highest BCUT2D eigenvalue weighted by atomic mass is 32.2. The van der Waals surface area contributed by atoms with E-state index in [1.807, 2.05) is 16.3 Å². The third-order valence-electron chi connectivity index (χ3n) is 7.79. The molecule has 1 aromatic heterocycles. The van der Waals surface area contributed by atoms with Gasteiger partial charge in [0.05, 0.1) is 10.7 Å². The van der Waals surface area contributed by atoms with Gasteiger partial charge in [-0.15, -0.1) is 11.3 Å². The lowest BCUT2D eigenvalue weighted by molar-refractivity contribution is -0.134. The molecule has 1 N–H and O–H groups in total. The number of nitrogens with zero attached hydrogens (tertiary/aromatic N) is 3. The third kappa shape index (κ3) is 6.89. The van der Waals surface area contributed by atoms with E-state index in [2.05, 4.69) is 39.0 Å². The number of rotatable bonds is 8. The van der Waals surface area contributed by atoms with Crippen LogP contribution in [0.25, 0.3) is 0 Å². The predicted octanol–water partition coefficient (Wildman–Crippen LogP) is 5.12. The van der Waals surface area contributed by atoms with E-state index < -0.39 is 30.3 Å². The Morgan fingerprint density at radius 2 is 1.92 bits per heavy atom. The van der Waals surface area contributed by atoms with Crippen molar-refractivity contribution >= 4 is 41.4 Å². The summed E-state index contributed by atoms with van der Waals surface area (Å²) in [5, 5.41) is 7.32. The Morgan fingerprint density at radius 3 is 2.58 bits per heavy atom. The fraction of sp³-hybridized carbons (Fsp3) is 0.577. The summed E-state index contributed by atoms with van der Waals surface area (Å²) in [6.07, 6.45) is 1.74. The largest absolute Gasteiger partial charge is 0.408 e. The maximum Gasteiger partial charge on any atom is 0.269 e. The maximum atomic E-state index is 12.8. The van der Waals surface area contributed by atoms with E-state index in [4.69, 9.17) is 14.2 Å². The number of likely N-dealkylation sites (tertiary alicyclic amines) is 1. The van der Waals surface area contributed by atoms with Gasteiger partial charge in [0.1, 0.15) is 18.1 Å². The van der Waals surface area contributed by atoms with Gasteiger partial charge in [0.2, 0.25) is 5.91 Å². The zero-order chi connectivity index (χ0) is 27.7. The van der Waals surface area contributed by atoms with Gasteiger partial charge in [-0.25, -0.2) is 4.98 Å². The molecule has 0 radical (unpaired) electrons. The van der Waals surface area contributed by atoms with E-state index in [1.165, 1.54) is 0 Å². The van der Waals surface area contributed by atoms with Gasteiger partial charge < -0.3 is 14.2 Å². The van der Waals surface area contributed by atoms with Crippen LogP contribution in [0, 0.1) is 0 Å². The first-order chi connectivity index (χ1) is 17.7. The lowest BCUT2D eigenvalue weighted by Gasteiger charge is -2.37. The van der Waals surface area contributed by atoms with Crippen LogP contribution in [-0.2, 0) is 29.9 Å². The topological polar surface area (TPSA) is 118 Å². The van der Waals surface area contributed by atoms with Crippen LogP contribution >= 0.6 is 11.3 Å². The van der Waals surface area contributed by atoms with Crippen LogP contribution in [0.1, 0.15) is 73.9 Å². The maximum absolute atomic E-state index is 12.8. The first kappa shape index (κ1) is 28.9. The number of carbonyl (C=O) groups excluding carboxylic acids is 1. The number of benzene rings is 1. The van der Waals surface area contributed by atoms with Gasteiger partial charge in [0.15, 0.2) is 14.4 Å². The van der Waals surface area contributed by atoms with Crippen LogP contribution in [0.2, 0.25) is 18.1 Å². The Kier molecular flexibility index (Phi) is 8.48. The quantitative estimate of drug-likeness (QED) is 0.340. The Morgan fingerprint density at radius 1 is 1.24 bits per heavy atom. The molecule has 0 spiro atoms. The number of carbonyl (C=O) groups is 1. The van der Waals surface area contributed by atoms with Crippen LogP contribution in [-0.4, -0.2) is 62.5 Å². The molecule has 4 rings (SSSR count). The summed E-state index contributed by atoms with van der Waals surface area (Å²) < 4.78 is 38.3. The van der Waals surface area contributed by atoms with Crippen LogP contribution in [0.4, 0.5) is 0 Å². The molecule has 0 saturated carbocycles. The molecule has 12 heteroatoms. The number of thiazole rings is 1. The van der Waals surface area contributed by atoms with Gasteiger partial charge in [-0.1, -0.05) is 50.2 Å². The number of oxime groups is 1. The number of aromatic nitrogens is 1. The summed E-state index contributed by atoms with van der Waals surface area (Å²) in [6, 6.07) is 7.00. The molecule has 1 aromatic carbocycles. The van der Waals surface area contributed by atoms with Gasteiger partial charge in [-0.05, 0) is 42.1 Å². The monoisotopic (exact) mass is 579 g/mol. The van der Waals surface area contributed by atoms with E-state index in [9.17, 15) is 17.8 Å². The molecule has 1 unspecified atom stereocenters. The van der Waals surface area contributed by atoms with Crippen molar-refractivity contribution in [3.63, 3.8) is 0 Å². The smallest absolute Gasteiger partial charge is 0.269 e. The van der Waals surface area contributed by atoms with E-state index in [0.29, 0.717) is 30.6 Å². The van der Waals surface area contributed by atoms with Crippen molar-refractivity contribution in [1.82, 2.24) is 9.88 Å². The average Bonchev–Trinajstić information content (AvgIpc) is 3.51. The summed E-state index contributed by atoms with van der Waals surface area (Å²) in [5.41, 5.74) is 2.66. The lowest BCUT2D eigenvalue weighted by Crippen LogP contribution is -2.46. The number of amides is 1. The molecular weight excluding hydrogens is 543 g/mol. The molecule has 2 aliphatic rings. The second-order valence-corrected chi connectivity index (χ2v) is 18.7. The molecule has 3 heterocycles. The second-order valence-electron chi connectivity index (χ2n) is 11.5. The molecule has 1 atom stereocenters. The van der Waals surface area contributed by atoms with Crippen molar-refractivity contribution in [3.05, 3.63) is 51.5 Å². The molecule has 208 valence electrons.